The molecule has 0 spiro atoms. The Morgan fingerprint density at radius 1 is 1.42 bits per heavy atom. The number of hydrogen-bond donors (Lipinski definition) is 3. The average Bonchev–Trinajstić information content (AvgIpc) is 2.30. The van der Waals surface area contributed by atoms with Crippen LogP contribution >= 0.6 is 12.2 Å². The fourth-order valence-electron chi connectivity index (χ4n) is 2.73. The molecule has 2 rings (SSSR count). The van der Waals surface area contributed by atoms with Gasteiger partial charge in [-0.1, -0.05) is 25.1 Å². The van der Waals surface area contributed by atoms with Crippen LogP contribution in [0.5, 0.6) is 0 Å². The summed E-state index contributed by atoms with van der Waals surface area (Å²) in [5, 5.41) is 13.5. The first-order valence-corrected chi connectivity index (χ1v) is 7.12. The standard InChI is InChI=1S/C14H21N3OS/c1-8-7-11(13(14(15)19)9(2)16-8)17-10-5-3-4-6-12(10)18/h7,10,12,18H,3-6H2,1-2H3,(H2,15,19)(H,16,17). The zero-order valence-corrected chi connectivity index (χ0v) is 12.3. The van der Waals surface area contributed by atoms with E-state index in [1.807, 2.05) is 19.9 Å². The lowest BCUT2D eigenvalue weighted by Crippen LogP contribution is -2.37. The number of aliphatic hydroxyl groups is 1. The first-order chi connectivity index (χ1) is 8.99. The minimum Gasteiger partial charge on any atom is -0.391 e. The molecule has 0 aromatic carbocycles. The number of nitrogens with two attached hydrogens (primary N) is 1. The van der Waals surface area contributed by atoms with E-state index in [0.717, 1.165) is 48.3 Å². The third kappa shape index (κ3) is 3.22. The van der Waals surface area contributed by atoms with Crippen molar-refractivity contribution >= 4 is 22.9 Å². The van der Waals surface area contributed by atoms with Crippen LogP contribution in [0.15, 0.2) is 6.07 Å². The second kappa shape index (κ2) is 5.84. The molecule has 5 heteroatoms. The van der Waals surface area contributed by atoms with Gasteiger partial charge in [0.2, 0.25) is 0 Å². The van der Waals surface area contributed by atoms with E-state index in [1.54, 1.807) is 0 Å². The van der Waals surface area contributed by atoms with Crippen LogP contribution < -0.4 is 11.1 Å². The fraction of sp³-hybridized carbons (Fsp3) is 0.571. The van der Waals surface area contributed by atoms with E-state index in [9.17, 15) is 5.11 Å². The van der Waals surface area contributed by atoms with Gasteiger partial charge in [-0.05, 0) is 32.8 Å². The zero-order chi connectivity index (χ0) is 14.0. The summed E-state index contributed by atoms with van der Waals surface area (Å²) in [4.78, 5) is 4.74. The highest BCUT2D eigenvalue weighted by Gasteiger charge is 2.24. The second-order valence-corrected chi connectivity index (χ2v) is 5.68. The Kier molecular flexibility index (Phi) is 4.37. The van der Waals surface area contributed by atoms with E-state index in [0.29, 0.717) is 4.99 Å². The van der Waals surface area contributed by atoms with Gasteiger partial charge in [0.25, 0.3) is 0 Å². The summed E-state index contributed by atoms with van der Waals surface area (Å²) in [6.45, 7) is 3.85. The van der Waals surface area contributed by atoms with Crippen molar-refractivity contribution in [2.24, 2.45) is 5.73 Å². The van der Waals surface area contributed by atoms with Crippen LogP contribution in [-0.4, -0.2) is 27.2 Å². The second-order valence-electron chi connectivity index (χ2n) is 5.24. The van der Waals surface area contributed by atoms with Gasteiger partial charge in [-0.25, -0.2) is 0 Å². The van der Waals surface area contributed by atoms with Crippen molar-refractivity contribution in [3.63, 3.8) is 0 Å². The van der Waals surface area contributed by atoms with E-state index in [4.69, 9.17) is 18.0 Å². The summed E-state index contributed by atoms with van der Waals surface area (Å²) >= 11 is 5.11. The molecule has 1 fully saturated rings. The molecule has 0 aliphatic heterocycles. The molecule has 1 saturated carbocycles. The molecule has 1 aromatic heterocycles. The lowest BCUT2D eigenvalue weighted by atomic mass is 9.92. The van der Waals surface area contributed by atoms with E-state index in [2.05, 4.69) is 10.3 Å². The van der Waals surface area contributed by atoms with Crippen molar-refractivity contribution in [2.75, 3.05) is 5.32 Å². The van der Waals surface area contributed by atoms with Gasteiger partial charge in [0.1, 0.15) is 4.99 Å². The first kappa shape index (κ1) is 14.2. The Morgan fingerprint density at radius 2 is 2.11 bits per heavy atom. The lowest BCUT2D eigenvalue weighted by Gasteiger charge is -2.30. The molecule has 1 aliphatic rings. The molecule has 0 radical (unpaired) electrons. The number of rotatable bonds is 3. The molecular weight excluding hydrogens is 258 g/mol. The molecule has 0 bridgehead atoms. The predicted octanol–water partition coefficient (Wildman–Crippen LogP) is 2.05. The molecule has 0 amide bonds. The predicted molar refractivity (Wildman–Crippen MR) is 81.5 cm³/mol. The number of anilines is 1. The highest BCUT2D eigenvalue weighted by molar-refractivity contribution is 7.80. The number of hydrogen-bond acceptors (Lipinski definition) is 4. The summed E-state index contributed by atoms with van der Waals surface area (Å²) < 4.78 is 0. The topological polar surface area (TPSA) is 71.2 Å². The van der Waals surface area contributed by atoms with Crippen molar-refractivity contribution in [1.29, 1.82) is 0 Å². The van der Waals surface area contributed by atoms with Crippen molar-refractivity contribution < 1.29 is 5.11 Å². The van der Waals surface area contributed by atoms with E-state index >= 15 is 0 Å². The molecule has 4 nitrogen and oxygen atoms in total. The van der Waals surface area contributed by atoms with Crippen LogP contribution in [-0.2, 0) is 0 Å². The average molecular weight is 279 g/mol. The van der Waals surface area contributed by atoms with E-state index in [-0.39, 0.29) is 12.1 Å². The molecule has 104 valence electrons. The maximum Gasteiger partial charge on any atom is 0.107 e. The Balaban J connectivity index is 2.30. The number of pyridine rings is 1. The highest BCUT2D eigenvalue weighted by atomic mass is 32.1. The molecule has 1 aromatic rings. The summed E-state index contributed by atoms with van der Waals surface area (Å²) in [7, 11) is 0. The van der Waals surface area contributed by atoms with Crippen LogP contribution in [0, 0.1) is 13.8 Å². The number of thiocarbonyl (C=S) groups is 1. The molecule has 1 aliphatic carbocycles. The SMILES string of the molecule is Cc1cc(NC2CCCCC2O)c(C(N)=S)c(C)n1. The quantitative estimate of drug-likeness (QED) is 0.739. The van der Waals surface area contributed by atoms with Crippen molar-refractivity contribution in [1.82, 2.24) is 4.98 Å². The molecular formula is C14H21N3OS. The summed E-state index contributed by atoms with van der Waals surface area (Å²) in [5.41, 5.74) is 9.23. The maximum absolute atomic E-state index is 10.1. The van der Waals surface area contributed by atoms with Gasteiger partial charge < -0.3 is 16.2 Å². The molecule has 19 heavy (non-hydrogen) atoms. The van der Waals surface area contributed by atoms with Crippen LogP contribution in [0.4, 0.5) is 5.69 Å². The van der Waals surface area contributed by atoms with E-state index < -0.39 is 0 Å². The Labute approximate surface area is 119 Å². The summed E-state index contributed by atoms with van der Waals surface area (Å²) in [6.07, 6.45) is 3.75. The number of nitrogens with one attached hydrogen (secondary N) is 1. The summed E-state index contributed by atoms with van der Waals surface area (Å²) in [6, 6.07) is 2.02. The van der Waals surface area contributed by atoms with Crippen LogP contribution in [0.3, 0.4) is 0 Å². The Hall–Kier alpha value is -1.20. The third-order valence-electron chi connectivity index (χ3n) is 3.65. The molecule has 2 unspecified atom stereocenters. The van der Waals surface area contributed by atoms with Gasteiger partial charge in [0, 0.05) is 17.1 Å². The molecule has 1 heterocycles. The van der Waals surface area contributed by atoms with Gasteiger partial charge in [0.05, 0.1) is 17.7 Å². The van der Waals surface area contributed by atoms with Crippen molar-refractivity contribution in [3.8, 4) is 0 Å². The summed E-state index contributed by atoms with van der Waals surface area (Å²) in [5.74, 6) is 0. The fourth-order valence-corrected chi connectivity index (χ4v) is 2.99. The largest absolute Gasteiger partial charge is 0.391 e. The highest BCUT2D eigenvalue weighted by Crippen LogP contribution is 2.26. The molecule has 4 N–H and O–H groups in total. The monoisotopic (exact) mass is 279 g/mol. The number of nitrogens with zero attached hydrogens (tertiary/aromatic N) is 1. The van der Waals surface area contributed by atoms with Gasteiger partial charge in [-0.15, -0.1) is 0 Å². The zero-order valence-electron chi connectivity index (χ0n) is 11.4. The van der Waals surface area contributed by atoms with Gasteiger partial charge in [0.15, 0.2) is 0 Å². The Bertz CT molecular complexity index is 490. The minimum absolute atomic E-state index is 0.0723. The first-order valence-electron chi connectivity index (χ1n) is 6.71. The molecule has 0 saturated heterocycles. The van der Waals surface area contributed by atoms with Crippen LogP contribution in [0.25, 0.3) is 0 Å². The maximum atomic E-state index is 10.1. The lowest BCUT2D eigenvalue weighted by molar-refractivity contribution is 0.116. The Morgan fingerprint density at radius 3 is 2.74 bits per heavy atom. The van der Waals surface area contributed by atoms with Crippen LogP contribution in [0.2, 0.25) is 0 Å². The normalized spacial score (nSPS) is 23.1. The number of aromatic nitrogens is 1. The van der Waals surface area contributed by atoms with E-state index in [1.165, 1.54) is 0 Å². The number of aryl methyl sites for hydroxylation is 2. The molecule has 2 atom stereocenters. The van der Waals surface area contributed by atoms with Crippen molar-refractivity contribution in [2.45, 2.75) is 51.7 Å². The third-order valence-corrected chi connectivity index (χ3v) is 3.85. The number of aliphatic hydroxyl groups excluding tert-OH is 1. The van der Waals surface area contributed by atoms with Gasteiger partial charge in [-0.3, -0.25) is 4.98 Å². The van der Waals surface area contributed by atoms with Crippen LogP contribution in [0.1, 0.15) is 42.6 Å². The van der Waals surface area contributed by atoms with Gasteiger partial charge in [-0.2, -0.15) is 0 Å². The van der Waals surface area contributed by atoms with Crippen molar-refractivity contribution in [3.05, 3.63) is 23.0 Å². The minimum atomic E-state index is -0.304. The smallest absolute Gasteiger partial charge is 0.107 e. The van der Waals surface area contributed by atoms with Gasteiger partial charge >= 0.3 is 0 Å².